The minimum absolute atomic E-state index is 0.245. The van der Waals surface area contributed by atoms with Gasteiger partial charge in [-0.05, 0) is 28.1 Å². The molecule has 0 atom stereocenters. The molecule has 138 valence electrons. The molecule has 2 aromatic carbocycles. The molecule has 2 N–H and O–H groups in total. The van der Waals surface area contributed by atoms with Crippen LogP contribution in [0, 0.1) is 0 Å². The molecule has 1 heterocycles. The summed E-state index contributed by atoms with van der Waals surface area (Å²) in [7, 11) is 3.13. The number of ether oxygens (including phenoxy) is 2. The van der Waals surface area contributed by atoms with Gasteiger partial charge in [-0.15, -0.1) is 0 Å². The highest BCUT2D eigenvalue weighted by Gasteiger charge is 2.11. The molecular weight excluding hydrogens is 412 g/mol. The molecule has 0 radical (unpaired) electrons. The van der Waals surface area contributed by atoms with Gasteiger partial charge >= 0.3 is 0 Å². The van der Waals surface area contributed by atoms with Crippen molar-refractivity contribution in [3.8, 4) is 22.8 Å². The summed E-state index contributed by atoms with van der Waals surface area (Å²) in [6.07, 6.45) is 1.58. The van der Waals surface area contributed by atoms with Crippen LogP contribution in [0.4, 0.5) is 5.95 Å². The number of halogens is 1. The van der Waals surface area contributed by atoms with Crippen molar-refractivity contribution in [2.24, 2.45) is 5.10 Å². The lowest BCUT2D eigenvalue weighted by molar-refractivity contribution is 0.353. The van der Waals surface area contributed by atoms with E-state index >= 15 is 0 Å². The monoisotopic (exact) mass is 428 g/mol. The Bertz CT molecular complexity index is 1020. The lowest BCUT2D eigenvalue weighted by atomic mass is 10.1. The standard InChI is InChI=1S/C19H17BrN4O3/c1-26-15-9-8-13(17(20)18(15)27-2)11-21-24-19-22-14(10-16(25)23-19)12-6-4-3-5-7-12/h3-11H,1-2H3,(H2,22,23,24,25)/b21-11-. The Morgan fingerprint density at radius 2 is 1.93 bits per heavy atom. The maximum Gasteiger partial charge on any atom is 0.252 e. The van der Waals surface area contributed by atoms with Gasteiger partial charge in [0.15, 0.2) is 11.5 Å². The molecule has 7 nitrogen and oxygen atoms in total. The van der Waals surface area contributed by atoms with Crippen LogP contribution in [0.5, 0.6) is 11.5 Å². The van der Waals surface area contributed by atoms with E-state index in [1.165, 1.54) is 6.07 Å². The van der Waals surface area contributed by atoms with E-state index in [9.17, 15) is 4.79 Å². The van der Waals surface area contributed by atoms with Crippen LogP contribution in [0.25, 0.3) is 11.3 Å². The van der Waals surface area contributed by atoms with Gasteiger partial charge in [-0.1, -0.05) is 30.3 Å². The molecule has 8 heteroatoms. The van der Waals surface area contributed by atoms with Gasteiger partial charge in [-0.25, -0.2) is 10.4 Å². The van der Waals surface area contributed by atoms with Crippen LogP contribution in [-0.2, 0) is 0 Å². The lowest BCUT2D eigenvalue weighted by Crippen LogP contribution is -2.10. The first-order valence-corrected chi connectivity index (χ1v) is 8.78. The van der Waals surface area contributed by atoms with Gasteiger partial charge in [0.1, 0.15) is 0 Å². The number of benzene rings is 2. The normalized spacial score (nSPS) is 10.8. The SMILES string of the molecule is COc1ccc(/C=N\Nc2nc(-c3ccccc3)cc(=O)[nH]2)c(Br)c1OC. The predicted octanol–water partition coefficient (Wildman–Crippen LogP) is 3.66. The second kappa shape index (κ2) is 8.50. The summed E-state index contributed by atoms with van der Waals surface area (Å²) in [4.78, 5) is 18.9. The molecule has 0 saturated carbocycles. The Kier molecular flexibility index (Phi) is 5.87. The zero-order valence-electron chi connectivity index (χ0n) is 14.7. The van der Waals surface area contributed by atoms with E-state index in [0.717, 1.165) is 11.1 Å². The Labute approximate surface area is 164 Å². The van der Waals surface area contributed by atoms with Crippen LogP contribution >= 0.6 is 15.9 Å². The van der Waals surface area contributed by atoms with E-state index in [0.29, 0.717) is 21.7 Å². The van der Waals surface area contributed by atoms with E-state index in [4.69, 9.17) is 9.47 Å². The molecule has 0 amide bonds. The molecule has 0 saturated heterocycles. The number of hydrogen-bond donors (Lipinski definition) is 2. The minimum Gasteiger partial charge on any atom is -0.493 e. The second-order valence-corrected chi connectivity index (χ2v) is 6.21. The highest BCUT2D eigenvalue weighted by atomic mass is 79.9. The van der Waals surface area contributed by atoms with Crippen molar-refractivity contribution in [1.29, 1.82) is 0 Å². The number of anilines is 1. The molecule has 3 aromatic rings. The fourth-order valence-corrected chi connectivity index (χ4v) is 3.03. The molecule has 27 heavy (non-hydrogen) atoms. The lowest BCUT2D eigenvalue weighted by Gasteiger charge is -2.10. The number of rotatable bonds is 6. The van der Waals surface area contributed by atoms with Crippen LogP contribution in [0.2, 0.25) is 0 Å². The highest BCUT2D eigenvalue weighted by Crippen LogP contribution is 2.36. The van der Waals surface area contributed by atoms with Gasteiger partial charge < -0.3 is 9.47 Å². The third kappa shape index (κ3) is 4.35. The molecule has 0 bridgehead atoms. The summed E-state index contributed by atoms with van der Waals surface area (Å²) >= 11 is 3.48. The third-order valence-corrected chi connectivity index (χ3v) is 4.52. The zero-order chi connectivity index (χ0) is 19.2. The maximum atomic E-state index is 11.9. The van der Waals surface area contributed by atoms with Crippen LogP contribution in [0.1, 0.15) is 5.56 Å². The summed E-state index contributed by atoms with van der Waals surface area (Å²) in [5, 5.41) is 4.15. The molecule has 0 fully saturated rings. The minimum atomic E-state index is -0.270. The van der Waals surface area contributed by atoms with Crippen LogP contribution in [0.3, 0.4) is 0 Å². The van der Waals surface area contributed by atoms with Crippen LogP contribution in [0.15, 0.2) is 62.9 Å². The highest BCUT2D eigenvalue weighted by molar-refractivity contribution is 9.10. The Morgan fingerprint density at radius 3 is 2.63 bits per heavy atom. The van der Waals surface area contributed by atoms with E-state index in [2.05, 4.69) is 36.4 Å². The number of aromatic amines is 1. The van der Waals surface area contributed by atoms with Crippen molar-refractivity contribution in [2.75, 3.05) is 19.6 Å². The first-order valence-electron chi connectivity index (χ1n) is 7.98. The predicted molar refractivity (Wildman–Crippen MR) is 109 cm³/mol. The van der Waals surface area contributed by atoms with Crippen LogP contribution in [-0.4, -0.2) is 30.4 Å². The Morgan fingerprint density at radius 1 is 1.15 bits per heavy atom. The maximum absolute atomic E-state index is 11.9. The number of aromatic nitrogens is 2. The van der Waals surface area contributed by atoms with E-state index in [-0.39, 0.29) is 11.5 Å². The van der Waals surface area contributed by atoms with Gasteiger partial charge in [-0.3, -0.25) is 9.78 Å². The van der Waals surface area contributed by atoms with Gasteiger partial charge in [0.25, 0.3) is 5.56 Å². The van der Waals surface area contributed by atoms with Gasteiger partial charge in [0.05, 0.1) is 30.6 Å². The molecule has 0 aliphatic carbocycles. The molecule has 0 spiro atoms. The molecule has 3 rings (SSSR count). The van der Waals surface area contributed by atoms with E-state index in [1.54, 1.807) is 26.5 Å². The summed E-state index contributed by atoms with van der Waals surface area (Å²) in [6.45, 7) is 0. The van der Waals surface area contributed by atoms with Gasteiger partial charge in [0, 0.05) is 17.2 Å². The van der Waals surface area contributed by atoms with Crippen molar-refractivity contribution >= 4 is 28.1 Å². The van der Waals surface area contributed by atoms with E-state index < -0.39 is 0 Å². The summed E-state index contributed by atoms with van der Waals surface area (Å²) in [6, 6.07) is 14.5. The largest absolute Gasteiger partial charge is 0.493 e. The number of methoxy groups -OCH3 is 2. The average Bonchev–Trinajstić information content (AvgIpc) is 2.69. The first-order chi connectivity index (χ1) is 13.1. The molecular formula is C19H17BrN4O3. The quantitative estimate of drug-likeness (QED) is 0.461. The number of nitrogens with zero attached hydrogens (tertiary/aromatic N) is 2. The van der Waals surface area contributed by atoms with Crippen molar-refractivity contribution in [3.05, 3.63) is 68.9 Å². The summed E-state index contributed by atoms with van der Waals surface area (Å²) in [5.41, 5.74) is 4.65. The fraction of sp³-hybridized carbons (Fsp3) is 0.105. The molecule has 0 aliphatic rings. The topological polar surface area (TPSA) is 88.6 Å². The van der Waals surface area contributed by atoms with Crippen molar-refractivity contribution in [1.82, 2.24) is 9.97 Å². The zero-order valence-corrected chi connectivity index (χ0v) is 16.3. The van der Waals surface area contributed by atoms with Crippen molar-refractivity contribution in [3.63, 3.8) is 0 Å². The smallest absolute Gasteiger partial charge is 0.252 e. The summed E-state index contributed by atoms with van der Waals surface area (Å²) < 4.78 is 11.3. The molecule has 0 aliphatic heterocycles. The Hall–Kier alpha value is -3.13. The van der Waals surface area contributed by atoms with Crippen molar-refractivity contribution < 1.29 is 9.47 Å². The summed E-state index contributed by atoms with van der Waals surface area (Å²) in [5.74, 6) is 1.42. The number of hydrogen-bond acceptors (Lipinski definition) is 6. The first kappa shape index (κ1) is 18.7. The molecule has 0 unspecified atom stereocenters. The van der Waals surface area contributed by atoms with Gasteiger partial charge in [0.2, 0.25) is 5.95 Å². The number of nitrogens with one attached hydrogen (secondary N) is 2. The van der Waals surface area contributed by atoms with Crippen molar-refractivity contribution in [2.45, 2.75) is 0 Å². The number of H-pyrrole nitrogens is 1. The van der Waals surface area contributed by atoms with E-state index in [1.807, 2.05) is 36.4 Å². The Balaban J connectivity index is 1.83. The molecule has 1 aromatic heterocycles. The van der Waals surface area contributed by atoms with Crippen LogP contribution < -0.4 is 20.5 Å². The average molecular weight is 429 g/mol. The third-order valence-electron chi connectivity index (χ3n) is 3.70. The second-order valence-electron chi connectivity index (χ2n) is 5.42. The number of hydrazone groups is 1. The fourth-order valence-electron chi connectivity index (χ4n) is 2.43. The van der Waals surface area contributed by atoms with Gasteiger partial charge in [-0.2, -0.15) is 5.10 Å².